The van der Waals surface area contributed by atoms with Gasteiger partial charge in [0.15, 0.2) is 0 Å². The van der Waals surface area contributed by atoms with Crippen molar-refractivity contribution in [1.29, 1.82) is 0 Å². The van der Waals surface area contributed by atoms with Crippen LogP contribution >= 0.6 is 0 Å². The van der Waals surface area contributed by atoms with Crippen LogP contribution in [-0.4, -0.2) is 38.1 Å². The highest BCUT2D eigenvalue weighted by Crippen LogP contribution is 2.37. The van der Waals surface area contributed by atoms with Crippen molar-refractivity contribution in [3.63, 3.8) is 0 Å². The highest BCUT2D eigenvalue weighted by molar-refractivity contribution is 6.08. The summed E-state index contributed by atoms with van der Waals surface area (Å²) in [6.07, 6.45) is -2.80. The molecule has 0 bridgehead atoms. The molecule has 3 rings (SSSR count). The van der Waals surface area contributed by atoms with E-state index in [1.165, 1.54) is 11.1 Å². The summed E-state index contributed by atoms with van der Waals surface area (Å²) in [5.41, 5.74) is -0.148. The first kappa shape index (κ1) is 17.1. The summed E-state index contributed by atoms with van der Waals surface area (Å²) in [6.45, 7) is 0.384. The quantitative estimate of drug-likeness (QED) is 0.834. The number of anilines is 2. The van der Waals surface area contributed by atoms with Gasteiger partial charge < -0.3 is 14.5 Å². The zero-order valence-electron chi connectivity index (χ0n) is 13.7. The number of ether oxygens (including phenoxy) is 1. The average Bonchev–Trinajstić information content (AvgIpc) is 2.59. The number of hydrogen-bond acceptors (Lipinski definition) is 4. The lowest BCUT2D eigenvalue weighted by atomic mass is 10.1. The Balaban J connectivity index is 2.01. The molecule has 1 aromatic heterocycles. The molecular formula is C17H16F3N3O2. The smallest absolute Gasteiger partial charge is 0.418 e. The minimum Gasteiger partial charge on any atom is -0.489 e. The largest absolute Gasteiger partial charge is 0.489 e. The molecule has 0 fully saturated rings. The van der Waals surface area contributed by atoms with E-state index in [1.807, 2.05) is 19.0 Å². The van der Waals surface area contributed by atoms with Crippen molar-refractivity contribution in [2.75, 3.05) is 37.0 Å². The van der Waals surface area contributed by atoms with Crippen LogP contribution in [0.2, 0.25) is 0 Å². The van der Waals surface area contributed by atoms with Crippen molar-refractivity contribution in [1.82, 2.24) is 4.98 Å². The normalized spacial score (nSPS) is 13.9. The molecule has 0 aliphatic carbocycles. The highest BCUT2D eigenvalue weighted by Gasteiger charge is 2.37. The van der Waals surface area contributed by atoms with E-state index < -0.39 is 23.2 Å². The molecule has 1 aliphatic rings. The molecule has 2 aromatic rings. The van der Waals surface area contributed by atoms with Crippen LogP contribution in [0.25, 0.3) is 0 Å². The van der Waals surface area contributed by atoms with Crippen molar-refractivity contribution in [2.24, 2.45) is 0 Å². The summed E-state index contributed by atoms with van der Waals surface area (Å²) in [5.74, 6) is -0.259. The van der Waals surface area contributed by atoms with E-state index in [0.29, 0.717) is 17.6 Å². The summed E-state index contributed by atoms with van der Waals surface area (Å²) in [4.78, 5) is 19.5. The van der Waals surface area contributed by atoms with Crippen LogP contribution in [0.5, 0.6) is 5.75 Å². The number of benzene rings is 1. The first-order chi connectivity index (χ1) is 11.8. The number of carbonyl (C=O) groups excluding carboxylic acids is 1. The lowest BCUT2D eigenvalue weighted by molar-refractivity contribution is -0.138. The molecule has 0 saturated heterocycles. The van der Waals surface area contributed by atoms with E-state index in [2.05, 4.69) is 4.98 Å². The van der Waals surface area contributed by atoms with E-state index in [-0.39, 0.29) is 13.2 Å². The first-order valence-corrected chi connectivity index (χ1v) is 7.56. The van der Waals surface area contributed by atoms with Gasteiger partial charge in [0.1, 0.15) is 12.4 Å². The summed E-state index contributed by atoms with van der Waals surface area (Å²) < 4.78 is 45.1. The molecule has 0 radical (unpaired) electrons. The topological polar surface area (TPSA) is 45.7 Å². The van der Waals surface area contributed by atoms with E-state index in [9.17, 15) is 18.0 Å². The molecule has 8 heteroatoms. The fourth-order valence-electron chi connectivity index (χ4n) is 2.65. The number of amides is 1. The standard InChI is InChI=1S/C17H16F3N3O2/c1-22(2)11-3-4-14-15(9-11)25-8-7-23(14)16(24)12-5-6-21-10-13(12)17(18,19)20/h3-6,9-10H,7-8H2,1-2H3. The molecule has 0 N–H and O–H groups in total. The Kier molecular flexibility index (Phi) is 4.28. The summed E-state index contributed by atoms with van der Waals surface area (Å²) in [7, 11) is 3.72. The van der Waals surface area contributed by atoms with Crippen molar-refractivity contribution < 1.29 is 22.7 Å². The van der Waals surface area contributed by atoms with Crippen molar-refractivity contribution in [3.8, 4) is 5.75 Å². The number of pyridine rings is 1. The highest BCUT2D eigenvalue weighted by atomic mass is 19.4. The van der Waals surface area contributed by atoms with Crippen LogP contribution in [0.4, 0.5) is 24.5 Å². The number of rotatable bonds is 2. The van der Waals surface area contributed by atoms with Crippen LogP contribution < -0.4 is 14.5 Å². The molecule has 2 heterocycles. The van der Waals surface area contributed by atoms with Gasteiger partial charge in [-0.2, -0.15) is 13.2 Å². The van der Waals surface area contributed by atoms with Gasteiger partial charge in [-0.25, -0.2) is 0 Å². The molecule has 0 saturated carbocycles. The van der Waals surface area contributed by atoms with Crippen LogP contribution in [0.15, 0.2) is 36.7 Å². The lowest BCUT2D eigenvalue weighted by Crippen LogP contribution is -2.39. The first-order valence-electron chi connectivity index (χ1n) is 7.56. The Morgan fingerprint density at radius 1 is 1.28 bits per heavy atom. The molecule has 1 aromatic carbocycles. The molecule has 0 unspecified atom stereocenters. The predicted molar refractivity (Wildman–Crippen MR) is 87.2 cm³/mol. The third-order valence-corrected chi connectivity index (χ3v) is 3.93. The SMILES string of the molecule is CN(C)c1ccc2c(c1)OCCN2C(=O)c1ccncc1C(F)(F)F. The number of fused-ring (bicyclic) bond motifs is 1. The predicted octanol–water partition coefficient (Wildman–Crippen LogP) is 3.21. The Hall–Kier alpha value is -2.77. The van der Waals surface area contributed by atoms with Gasteiger partial charge in [0.05, 0.1) is 23.4 Å². The van der Waals surface area contributed by atoms with Crippen LogP contribution in [0, 0.1) is 0 Å². The van der Waals surface area contributed by atoms with E-state index in [4.69, 9.17) is 4.74 Å². The van der Waals surface area contributed by atoms with Gasteiger partial charge in [0, 0.05) is 38.2 Å². The molecule has 0 atom stereocenters. The summed E-state index contributed by atoms with van der Waals surface area (Å²) in [6, 6.07) is 6.31. The zero-order chi connectivity index (χ0) is 18.2. The van der Waals surface area contributed by atoms with E-state index in [0.717, 1.165) is 11.8 Å². The maximum atomic E-state index is 13.2. The molecule has 132 valence electrons. The van der Waals surface area contributed by atoms with Gasteiger partial charge in [-0.05, 0) is 18.2 Å². The maximum absolute atomic E-state index is 13.2. The average molecular weight is 351 g/mol. The lowest BCUT2D eigenvalue weighted by Gasteiger charge is -2.31. The number of halogens is 3. The Morgan fingerprint density at radius 3 is 2.72 bits per heavy atom. The van der Waals surface area contributed by atoms with Crippen LogP contribution in [-0.2, 0) is 6.18 Å². The number of hydrogen-bond donors (Lipinski definition) is 0. The fourth-order valence-corrected chi connectivity index (χ4v) is 2.65. The minimum absolute atomic E-state index is 0.173. The number of aromatic nitrogens is 1. The summed E-state index contributed by atoms with van der Waals surface area (Å²) >= 11 is 0. The molecule has 1 aliphatic heterocycles. The zero-order valence-corrected chi connectivity index (χ0v) is 13.7. The van der Waals surface area contributed by atoms with Gasteiger partial charge in [-0.15, -0.1) is 0 Å². The van der Waals surface area contributed by atoms with Crippen LogP contribution in [0.3, 0.4) is 0 Å². The van der Waals surface area contributed by atoms with E-state index >= 15 is 0 Å². The number of nitrogens with zero attached hydrogens (tertiary/aromatic N) is 3. The fraction of sp³-hybridized carbons (Fsp3) is 0.294. The second-order valence-corrected chi connectivity index (χ2v) is 5.77. The van der Waals surface area contributed by atoms with Gasteiger partial charge in [0.25, 0.3) is 5.91 Å². The number of alkyl halides is 3. The minimum atomic E-state index is -4.65. The maximum Gasteiger partial charge on any atom is 0.418 e. The molecule has 25 heavy (non-hydrogen) atoms. The Labute approximate surface area is 142 Å². The second kappa shape index (κ2) is 6.27. The molecule has 0 spiro atoms. The Morgan fingerprint density at radius 2 is 2.04 bits per heavy atom. The van der Waals surface area contributed by atoms with E-state index in [1.54, 1.807) is 18.2 Å². The van der Waals surface area contributed by atoms with Crippen LogP contribution in [0.1, 0.15) is 15.9 Å². The molecule has 1 amide bonds. The Bertz CT molecular complexity index is 806. The molecule has 5 nitrogen and oxygen atoms in total. The van der Waals surface area contributed by atoms with Gasteiger partial charge in [0.2, 0.25) is 0 Å². The van der Waals surface area contributed by atoms with Gasteiger partial charge >= 0.3 is 6.18 Å². The van der Waals surface area contributed by atoms with Crippen molar-refractivity contribution in [3.05, 3.63) is 47.8 Å². The second-order valence-electron chi connectivity index (χ2n) is 5.77. The third kappa shape index (κ3) is 3.24. The van der Waals surface area contributed by atoms with Gasteiger partial charge in [-0.1, -0.05) is 0 Å². The van der Waals surface area contributed by atoms with Crippen molar-refractivity contribution >= 4 is 17.3 Å². The van der Waals surface area contributed by atoms with Gasteiger partial charge in [-0.3, -0.25) is 9.78 Å². The molecular weight excluding hydrogens is 335 g/mol. The number of carbonyl (C=O) groups is 1. The monoisotopic (exact) mass is 351 g/mol. The third-order valence-electron chi connectivity index (χ3n) is 3.93. The summed E-state index contributed by atoms with van der Waals surface area (Å²) in [5, 5.41) is 0. The van der Waals surface area contributed by atoms with Crippen molar-refractivity contribution in [2.45, 2.75) is 6.18 Å².